The molecular weight excluding hydrogens is 663 g/mol. The molecule has 0 N–H and O–H groups in total. The van der Waals surface area contributed by atoms with Crippen molar-refractivity contribution < 1.29 is 16.4 Å². The number of hydrogen-bond acceptors (Lipinski definition) is 1. The van der Waals surface area contributed by atoms with Crippen LogP contribution in [0.5, 0.6) is 0 Å². The summed E-state index contributed by atoms with van der Waals surface area (Å²) in [6.45, 7) is 0. The number of fused-ring (bicyclic) bond motifs is 4. The van der Waals surface area contributed by atoms with Crippen molar-refractivity contribution in [3.63, 3.8) is 0 Å². The maximum absolute atomic E-state index is 9.75. The van der Waals surface area contributed by atoms with Crippen LogP contribution < -0.4 is 4.90 Å². The van der Waals surface area contributed by atoms with Gasteiger partial charge in [-0.3, -0.25) is 0 Å². The minimum absolute atomic E-state index is 0.0439. The molecule has 10 rings (SSSR count). The standard InChI is InChI=1S/C54H37N/c1-3-11-38(12-4-1)39-21-29-47(30-22-39)55(48-31-23-40(24-32-48)45-28-35-51-46(37-45)20-19-42-15-7-9-17-50(42)51)49-33-25-44(26-34-49)54-52-18-10-8-16-43(52)27-36-53(54)41-13-5-2-6-14-41/h1-37H/i21D,22D,23D,24D,25D,26D,29D,30D,31D,32D,33D,34D. The van der Waals surface area contributed by atoms with E-state index in [2.05, 4.69) is 0 Å². The summed E-state index contributed by atoms with van der Waals surface area (Å²) in [7, 11) is 0. The van der Waals surface area contributed by atoms with E-state index in [1.165, 1.54) is 0 Å². The van der Waals surface area contributed by atoms with Gasteiger partial charge < -0.3 is 4.90 Å². The quantitative estimate of drug-likeness (QED) is 0.149. The summed E-state index contributed by atoms with van der Waals surface area (Å²) < 4.78 is 115. The van der Waals surface area contributed by atoms with Crippen LogP contribution in [0.1, 0.15) is 16.4 Å². The van der Waals surface area contributed by atoms with Crippen LogP contribution in [0.3, 0.4) is 0 Å². The Hall–Kier alpha value is -7.22. The van der Waals surface area contributed by atoms with E-state index in [1.807, 2.05) is 109 Å². The van der Waals surface area contributed by atoms with Gasteiger partial charge in [-0.15, -0.1) is 0 Å². The molecule has 0 heterocycles. The lowest BCUT2D eigenvalue weighted by Crippen LogP contribution is -2.09. The highest BCUT2D eigenvalue weighted by Crippen LogP contribution is 2.42. The maximum Gasteiger partial charge on any atom is 0.0645 e. The van der Waals surface area contributed by atoms with E-state index in [4.69, 9.17) is 0 Å². The predicted octanol–water partition coefficient (Wildman–Crippen LogP) is 15.3. The predicted molar refractivity (Wildman–Crippen MR) is 235 cm³/mol. The van der Waals surface area contributed by atoms with Crippen LogP contribution in [-0.2, 0) is 0 Å². The molecule has 0 aliphatic heterocycles. The summed E-state index contributed by atoms with van der Waals surface area (Å²) in [5.41, 5.74) is 0.700. The van der Waals surface area contributed by atoms with Gasteiger partial charge in [-0.2, -0.15) is 0 Å². The number of hydrogen-bond donors (Lipinski definition) is 0. The smallest absolute Gasteiger partial charge is 0.0645 e. The molecule has 0 aliphatic rings. The number of benzene rings is 10. The molecule has 0 atom stereocenters. The maximum atomic E-state index is 9.75. The van der Waals surface area contributed by atoms with E-state index >= 15 is 0 Å². The van der Waals surface area contributed by atoms with Crippen LogP contribution in [0.15, 0.2) is 224 Å². The average Bonchev–Trinajstić information content (AvgIpc) is 3.35. The lowest BCUT2D eigenvalue weighted by Gasteiger charge is -2.26. The number of nitrogens with zero attached hydrogens (tertiary/aromatic N) is 1. The Morgan fingerprint density at radius 2 is 0.745 bits per heavy atom. The molecule has 1 heteroatoms. The van der Waals surface area contributed by atoms with E-state index in [-0.39, 0.29) is 16.7 Å². The Bertz CT molecular complexity index is 3580. The Labute approximate surface area is 338 Å². The van der Waals surface area contributed by atoms with Gasteiger partial charge in [-0.1, -0.05) is 182 Å². The van der Waals surface area contributed by atoms with Crippen molar-refractivity contribution in [1.29, 1.82) is 0 Å². The molecule has 0 radical (unpaired) electrons. The third-order valence-corrected chi connectivity index (χ3v) is 9.87. The van der Waals surface area contributed by atoms with Crippen molar-refractivity contribution >= 4 is 49.4 Å². The first kappa shape index (κ1) is 22.1. The highest BCUT2D eigenvalue weighted by Gasteiger charge is 2.16. The Kier molecular flexibility index (Phi) is 5.61. The molecule has 0 aromatic heterocycles. The van der Waals surface area contributed by atoms with Gasteiger partial charge >= 0.3 is 0 Å². The molecule has 258 valence electrons. The first-order valence-corrected chi connectivity index (χ1v) is 18.0. The summed E-state index contributed by atoms with van der Waals surface area (Å²) in [5, 5.41) is 5.18. The van der Waals surface area contributed by atoms with Gasteiger partial charge in [0.25, 0.3) is 0 Å². The van der Waals surface area contributed by atoms with Crippen LogP contribution in [0.4, 0.5) is 17.1 Å². The van der Waals surface area contributed by atoms with Crippen LogP contribution >= 0.6 is 0 Å². The lowest BCUT2D eigenvalue weighted by molar-refractivity contribution is 1.28. The Morgan fingerprint density at radius 1 is 0.291 bits per heavy atom. The average molecular weight is 712 g/mol. The van der Waals surface area contributed by atoms with E-state index in [1.54, 1.807) is 42.5 Å². The highest BCUT2D eigenvalue weighted by atomic mass is 15.1. The molecule has 55 heavy (non-hydrogen) atoms. The third kappa shape index (κ3) is 6.12. The second-order valence-electron chi connectivity index (χ2n) is 13.2. The summed E-state index contributed by atoms with van der Waals surface area (Å²) in [4.78, 5) is 0.859. The van der Waals surface area contributed by atoms with E-state index in [0.717, 1.165) is 37.4 Å². The second-order valence-corrected chi connectivity index (χ2v) is 13.2. The monoisotopic (exact) mass is 711 g/mol. The molecule has 0 unspecified atom stereocenters. The molecule has 0 bridgehead atoms. The normalized spacial score (nSPS) is 14.3. The summed E-state index contributed by atoms with van der Waals surface area (Å²) in [6, 6.07) is 39.0. The molecule has 10 aromatic carbocycles. The fourth-order valence-electron chi connectivity index (χ4n) is 7.17. The fraction of sp³-hybridized carbons (Fsp3) is 0. The van der Waals surface area contributed by atoms with Crippen molar-refractivity contribution in [2.24, 2.45) is 0 Å². The molecule has 0 saturated heterocycles. The van der Waals surface area contributed by atoms with Crippen LogP contribution in [0.25, 0.3) is 76.8 Å². The van der Waals surface area contributed by atoms with Gasteiger partial charge in [-0.25, -0.2) is 0 Å². The van der Waals surface area contributed by atoms with Crippen LogP contribution in [-0.4, -0.2) is 0 Å². The van der Waals surface area contributed by atoms with E-state index in [0.29, 0.717) is 27.6 Å². The molecule has 10 aromatic rings. The van der Waals surface area contributed by atoms with Gasteiger partial charge in [0.05, 0.1) is 16.4 Å². The van der Waals surface area contributed by atoms with E-state index in [9.17, 15) is 16.4 Å². The van der Waals surface area contributed by atoms with Crippen molar-refractivity contribution in [3.05, 3.63) is 224 Å². The largest absolute Gasteiger partial charge is 0.311 e. The first-order chi connectivity index (χ1) is 32.3. The van der Waals surface area contributed by atoms with Crippen molar-refractivity contribution in [2.75, 3.05) is 4.90 Å². The Morgan fingerprint density at radius 3 is 1.38 bits per heavy atom. The Balaban J connectivity index is 1.27. The topological polar surface area (TPSA) is 3.24 Å². The van der Waals surface area contributed by atoms with Crippen molar-refractivity contribution in [1.82, 2.24) is 0 Å². The number of anilines is 3. The zero-order valence-corrected chi connectivity index (χ0v) is 29.4. The zero-order chi connectivity index (χ0) is 47.0. The third-order valence-electron chi connectivity index (χ3n) is 9.87. The van der Waals surface area contributed by atoms with Crippen LogP contribution in [0, 0.1) is 0 Å². The minimum Gasteiger partial charge on any atom is -0.311 e. The van der Waals surface area contributed by atoms with Gasteiger partial charge in [-0.05, 0) is 119 Å². The first-order valence-electron chi connectivity index (χ1n) is 24.0. The summed E-state index contributed by atoms with van der Waals surface area (Å²) in [5.74, 6) is 0. The van der Waals surface area contributed by atoms with Gasteiger partial charge in [0.1, 0.15) is 0 Å². The summed E-state index contributed by atoms with van der Waals surface area (Å²) in [6.07, 6.45) is 0. The zero-order valence-electron chi connectivity index (χ0n) is 41.4. The summed E-state index contributed by atoms with van der Waals surface area (Å²) >= 11 is 0. The molecule has 0 spiro atoms. The SMILES string of the molecule is [2H]c1c([2H])c(N(c2c([2H])c([2H])c(-c3ccc4c(ccc5ccccc54)c3)c([2H])c2[2H])c2c([2H])c([2H])c(-c3c(-c4ccccc4)ccc4ccccc34)c([2H])c2[2H])c([2H])c([2H])c1-c1ccccc1. The molecule has 0 saturated carbocycles. The van der Waals surface area contributed by atoms with E-state index < -0.39 is 89.6 Å². The van der Waals surface area contributed by atoms with Crippen molar-refractivity contribution in [2.45, 2.75) is 0 Å². The van der Waals surface area contributed by atoms with Crippen LogP contribution in [0.2, 0.25) is 0 Å². The van der Waals surface area contributed by atoms with Gasteiger partial charge in [0.15, 0.2) is 0 Å². The minimum atomic E-state index is -0.672. The van der Waals surface area contributed by atoms with Crippen molar-refractivity contribution in [3.8, 4) is 44.5 Å². The van der Waals surface area contributed by atoms with Gasteiger partial charge in [0.2, 0.25) is 0 Å². The molecule has 0 amide bonds. The number of rotatable bonds is 7. The van der Waals surface area contributed by atoms with Gasteiger partial charge in [0, 0.05) is 17.1 Å². The molecule has 0 aliphatic carbocycles. The lowest BCUT2D eigenvalue weighted by atomic mass is 9.89. The second kappa shape index (κ2) is 14.0. The fourth-order valence-corrected chi connectivity index (χ4v) is 7.17. The highest BCUT2D eigenvalue weighted by molar-refractivity contribution is 6.08. The molecular formula is C54H37N. The molecule has 1 nitrogen and oxygen atoms in total. The molecule has 0 fully saturated rings.